The van der Waals surface area contributed by atoms with Crippen molar-refractivity contribution in [2.24, 2.45) is 5.92 Å². The zero-order valence-electron chi connectivity index (χ0n) is 23.2. The molecule has 9 heteroatoms. The summed E-state index contributed by atoms with van der Waals surface area (Å²) in [7, 11) is 0. The number of para-hydroxylation sites is 1. The first kappa shape index (κ1) is 30.5. The monoisotopic (exact) mass is 555 g/mol. The highest BCUT2D eigenvalue weighted by molar-refractivity contribution is 7.97. The van der Waals surface area contributed by atoms with Crippen molar-refractivity contribution in [3.05, 3.63) is 69.3 Å². The van der Waals surface area contributed by atoms with E-state index >= 15 is 0 Å². The van der Waals surface area contributed by atoms with Gasteiger partial charge in [0, 0.05) is 42.4 Å². The molecule has 0 saturated carbocycles. The van der Waals surface area contributed by atoms with E-state index in [2.05, 4.69) is 44.6 Å². The number of hydrogen-bond acceptors (Lipinski definition) is 8. The summed E-state index contributed by atoms with van der Waals surface area (Å²) in [6.07, 6.45) is 9.13. The van der Waals surface area contributed by atoms with Gasteiger partial charge in [0.1, 0.15) is 22.0 Å². The van der Waals surface area contributed by atoms with Crippen LogP contribution in [0.15, 0.2) is 52.9 Å². The minimum Gasteiger partial charge on any atom is -0.550 e. The largest absolute Gasteiger partial charge is 0.550 e. The number of carbonyl (C=O) groups is 1. The second-order valence-corrected chi connectivity index (χ2v) is 11.6. The summed E-state index contributed by atoms with van der Waals surface area (Å²) >= 11 is 1.03. The van der Waals surface area contributed by atoms with Gasteiger partial charge in [-0.15, -0.1) is 0 Å². The number of allylic oxidation sites excluding steroid dienone is 2. The van der Waals surface area contributed by atoms with Crippen LogP contribution in [0.4, 0.5) is 5.69 Å². The Labute approximate surface area is 235 Å². The lowest BCUT2D eigenvalue weighted by Gasteiger charge is -2.46. The van der Waals surface area contributed by atoms with Gasteiger partial charge < -0.3 is 19.7 Å². The lowest BCUT2D eigenvalue weighted by atomic mass is 9.68. The SMILES string of the molecule is CCCCCc1cc(O)c2c(c1)OC(C)(C)[C@@H]1CCC(C)=C[C@@H]21.O=C([O-])CCNSc1ccccc1[N+](=O)[O-]. The minimum absolute atomic E-state index is 0.00606. The Morgan fingerprint density at radius 2 is 2.00 bits per heavy atom. The van der Waals surface area contributed by atoms with Crippen LogP contribution in [0, 0.1) is 16.0 Å². The molecule has 4 rings (SSSR count). The number of nitro groups is 1. The highest BCUT2D eigenvalue weighted by Gasteiger charge is 2.45. The zero-order valence-corrected chi connectivity index (χ0v) is 24.0. The van der Waals surface area contributed by atoms with Gasteiger partial charge in [0.15, 0.2) is 0 Å². The molecule has 0 aromatic heterocycles. The minimum atomic E-state index is -1.16. The van der Waals surface area contributed by atoms with Crippen LogP contribution in [0.2, 0.25) is 0 Å². The fourth-order valence-electron chi connectivity index (χ4n) is 5.28. The van der Waals surface area contributed by atoms with Crippen molar-refractivity contribution >= 4 is 23.6 Å². The Balaban J connectivity index is 0.000000231. The second-order valence-electron chi connectivity index (χ2n) is 10.7. The maximum absolute atomic E-state index is 10.7. The molecule has 0 unspecified atom stereocenters. The molecule has 0 bridgehead atoms. The molecule has 2 atom stereocenters. The quantitative estimate of drug-likeness (QED) is 0.119. The fourth-order valence-corrected chi connectivity index (χ4v) is 6.03. The number of hydrogen-bond donors (Lipinski definition) is 2. The molecule has 212 valence electrons. The number of aryl methyl sites for hydroxylation is 1. The molecule has 39 heavy (non-hydrogen) atoms. The lowest BCUT2D eigenvalue weighted by Crippen LogP contribution is -2.45. The number of rotatable bonds is 10. The van der Waals surface area contributed by atoms with Gasteiger partial charge in [-0.2, -0.15) is 0 Å². The Morgan fingerprint density at radius 3 is 2.69 bits per heavy atom. The van der Waals surface area contributed by atoms with E-state index in [0.717, 1.165) is 42.5 Å². The van der Waals surface area contributed by atoms with E-state index < -0.39 is 10.9 Å². The van der Waals surface area contributed by atoms with E-state index in [4.69, 9.17) is 4.74 Å². The van der Waals surface area contributed by atoms with Crippen LogP contribution >= 0.6 is 11.9 Å². The molecule has 0 spiro atoms. The topological polar surface area (TPSA) is 125 Å². The van der Waals surface area contributed by atoms with Gasteiger partial charge in [0.2, 0.25) is 0 Å². The van der Waals surface area contributed by atoms with Crippen molar-refractivity contribution in [2.75, 3.05) is 6.54 Å². The molecular weight excluding hydrogens is 516 g/mol. The number of carbonyl (C=O) groups excluding carboxylic acids is 1. The molecule has 2 N–H and O–H groups in total. The Morgan fingerprint density at radius 1 is 1.26 bits per heavy atom. The van der Waals surface area contributed by atoms with Gasteiger partial charge in [-0.1, -0.05) is 43.5 Å². The molecule has 1 aliphatic carbocycles. The highest BCUT2D eigenvalue weighted by atomic mass is 32.2. The van der Waals surface area contributed by atoms with Gasteiger partial charge in [-0.3, -0.25) is 14.8 Å². The van der Waals surface area contributed by atoms with Gasteiger partial charge in [-0.05, 0) is 82.2 Å². The molecule has 0 radical (unpaired) electrons. The fraction of sp³-hybridized carbons (Fsp3) is 0.500. The standard InChI is InChI=1S/C21H30O2.C9H10N2O4S/c1-5-6-7-8-15-12-18(22)20-16-11-14(2)9-10-17(16)21(3,4)23-19(20)13-15;12-9(13)5-6-10-16-8-4-2-1-3-7(8)11(14)15/h11-13,16-17,22H,5-10H2,1-4H3;1-4,10H,5-6H2,(H,12,13)/p-1/t16-,17-;/m1./s1. The Bertz CT molecular complexity index is 1200. The Kier molecular flexibility index (Phi) is 10.8. The van der Waals surface area contributed by atoms with Gasteiger partial charge in [0.25, 0.3) is 5.69 Å². The molecule has 0 saturated heterocycles. The van der Waals surface area contributed by atoms with E-state index in [9.17, 15) is 25.1 Å². The molecule has 0 amide bonds. The van der Waals surface area contributed by atoms with Crippen molar-refractivity contribution in [1.29, 1.82) is 0 Å². The van der Waals surface area contributed by atoms with Crippen LogP contribution in [0.25, 0.3) is 0 Å². The maximum Gasteiger partial charge on any atom is 0.284 e. The van der Waals surface area contributed by atoms with Crippen LogP contribution < -0.4 is 14.6 Å². The summed E-state index contributed by atoms with van der Waals surface area (Å²) in [5.74, 6) is 0.887. The maximum atomic E-state index is 10.7. The Hall–Kier alpha value is -3.04. The van der Waals surface area contributed by atoms with E-state index in [1.54, 1.807) is 18.2 Å². The molecule has 1 aliphatic heterocycles. The third-order valence-electron chi connectivity index (χ3n) is 7.27. The number of nitrogens with zero attached hydrogens (tertiary/aromatic N) is 1. The number of unbranched alkanes of at least 4 members (excludes halogenated alkanes) is 2. The summed E-state index contributed by atoms with van der Waals surface area (Å²) in [6, 6.07) is 10.4. The third kappa shape index (κ3) is 8.22. The van der Waals surface area contributed by atoms with Gasteiger partial charge >= 0.3 is 0 Å². The van der Waals surface area contributed by atoms with Crippen LogP contribution in [-0.2, 0) is 11.2 Å². The van der Waals surface area contributed by atoms with E-state index in [0.29, 0.717) is 16.6 Å². The van der Waals surface area contributed by atoms with Crippen molar-refractivity contribution in [2.45, 2.75) is 89.1 Å². The molecule has 8 nitrogen and oxygen atoms in total. The number of benzene rings is 2. The number of nitrogens with one attached hydrogen (secondary N) is 1. The first-order chi connectivity index (χ1) is 18.5. The predicted molar refractivity (Wildman–Crippen MR) is 152 cm³/mol. The van der Waals surface area contributed by atoms with Gasteiger partial charge in [0.05, 0.1) is 4.92 Å². The van der Waals surface area contributed by atoms with E-state index in [1.807, 2.05) is 6.07 Å². The summed E-state index contributed by atoms with van der Waals surface area (Å²) in [5, 5.41) is 31.4. The molecule has 2 aromatic carbocycles. The van der Waals surface area contributed by atoms with Crippen LogP contribution in [0.5, 0.6) is 11.5 Å². The number of ether oxygens (including phenoxy) is 1. The number of phenols is 1. The summed E-state index contributed by atoms with van der Waals surface area (Å²) in [5.41, 5.74) is 3.45. The van der Waals surface area contributed by atoms with E-state index in [-0.39, 0.29) is 30.2 Å². The van der Waals surface area contributed by atoms with Gasteiger partial charge in [-0.25, -0.2) is 0 Å². The first-order valence-electron chi connectivity index (χ1n) is 13.6. The van der Waals surface area contributed by atoms with E-state index in [1.165, 1.54) is 36.5 Å². The predicted octanol–water partition coefficient (Wildman–Crippen LogP) is 6.07. The molecule has 1 heterocycles. The zero-order chi connectivity index (χ0) is 28.6. The second kappa shape index (κ2) is 13.8. The number of phenolic OH excluding ortho intramolecular Hbond substituents is 1. The van der Waals surface area contributed by atoms with Crippen molar-refractivity contribution in [3.63, 3.8) is 0 Å². The molecule has 2 aromatic rings. The average Bonchev–Trinajstić information content (AvgIpc) is 2.86. The van der Waals surface area contributed by atoms with Crippen molar-refractivity contribution < 1.29 is 24.7 Å². The summed E-state index contributed by atoms with van der Waals surface area (Å²) < 4.78 is 9.08. The van der Waals surface area contributed by atoms with Crippen molar-refractivity contribution in [3.8, 4) is 11.5 Å². The molecular formula is C30H39N2O6S-. The number of aliphatic carboxylic acids is 1. The van der Waals surface area contributed by atoms with Crippen LogP contribution in [0.3, 0.4) is 0 Å². The summed E-state index contributed by atoms with van der Waals surface area (Å²) in [6.45, 7) is 9.01. The van der Waals surface area contributed by atoms with Crippen molar-refractivity contribution in [1.82, 2.24) is 4.72 Å². The smallest absolute Gasteiger partial charge is 0.284 e. The highest BCUT2D eigenvalue weighted by Crippen LogP contribution is 2.53. The van der Waals surface area contributed by atoms with Crippen LogP contribution in [0.1, 0.15) is 83.3 Å². The number of carboxylic acids is 1. The average molecular weight is 556 g/mol. The number of nitro benzene ring substituents is 1. The normalized spacial score (nSPS) is 18.9. The third-order valence-corrected chi connectivity index (χ3v) is 8.18. The lowest BCUT2D eigenvalue weighted by molar-refractivity contribution is -0.387. The number of fused-ring (bicyclic) bond motifs is 3. The molecule has 0 fully saturated rings. The first-order valence-corrected chi connectivity index (χ1v) is 14.4. The number of aromatic hydroxyl groups is 1. The number of carboxylic acid groups (broad SMARTS) is 1. The summed E-state index contributed by atoms with van der Waals surface area (Å²) in [4.78, 5) is 20.7. The molecule has 2 aliphatic rings. The van der Waals surface area contributed by atoms with Crippen LogP contribution in [-0.4, -0.2) is 28.1 Å².